The summed E-state index contributed by atoms with van der Waals surface area (Å²) in [5.41, 5.74) is 2.08. The van der Waals surface area contributed by atoms with Gasteiger partial charge in [0.25, 0.3) is 0 Å². The summed E-state index contributed by atoms with van der Waals surface area (Å²) in [5.74, 6) is 1.05. The first-order chi connectivity index (χ1) is 10.3. The summed E-state index contributed by atoms with van der Waals surface area (Å²) in [4.78, 5) is 11.7. The second-order valence-electron chi connectivity index (χ2n) is 5.16. The van der Waals surface area contributed by atoms with E-state index < -0.39 is 0 Å². The Morgan fingerprint density at radius 2 is 2.05 bits per heavy atom. The van der Waals surface area contributed by atoms with Gasteiger partial charge < -0.3 is 4.90 Å². The zero-order chi connectivity index (χ0) is 14.7. The Bertz CT molecular complexity index is 641. The number of nitrogens with zero attached hydrogens (tertiary/aromatic N) is 3. The Balaban J connectivity index is 1.78. The van der Waals surface area contributed by atoms with Crippen molar-refractivity contribution >= 4 is 11.5 Å². The molecule has 2 unspecified atom stereocenters. The van der Waals surface area contributed by atoms with Crippen LogP contribution in [0.2, 0.25) is 0 Å². The number of hydrogen-bond acceptors (Lipinski definition) is 3. The van der Waals surface area contributed by atoms with Gasteiger partial charge in [-0.2, -0.15) is 0 Å². The van der Waals surface area contributed by atoms with Crippen molar-refractivity contribution in [3.8, 4) is 0 Å². The van der Waals surface area contributed by atoms with Crippen LogP contribution in [-0.4, -0.2) is 35.2 Å². The lowest BCUT2D eigenvalue weighted by Crippen LogP contribution is -2.38. The average molecular weight is 277 g/mol. The minimum Gasteiger partial charge on any atom is -0.332 e. The van der Waals surface area contributed by atoms with Gasteiger partial charge in [0.2, 0.25) is 0 Å². The van der Waals surface area contributed by atoms with E-state index in [1.54, 1.807) is 6.08 Å². The molecule has 0 fully saturated rings. The molecule has 1 heterocycles. The highest BCUT2D eigenvalue weighted by Crippen LogP contribution is 2.23. The molecule has 1 aliphatic heterocycles. The predicted octanol–water partition coefficient (Wildman–Crippen LogP) is 3.22. The topological polar surface area (TPSA) is 28.0 Å². The van der Waals surface area contributed by atoms with Crippen molar-refractivity contribution in [3.05, 3.63) is 72.9 Å². The number of allylic oxidation sites excluding steroid dienone is 9. The van der Waals surface area contributed by atoms with Gasteiger partial charge in [0, 0.05) is 0 Å². The van der Waals surface area contributed by atoms with Gasteiger partial charge in [-0.05, 0) is 18.6 Å². The van der Waals surface area contributed by atoms with Crippen LogP contribution in [0.25, 0.3) is 0 Å². The summed E-state index contributed by atoms with van der Waals surface area (Å²) >= 11 is 0. The first-order valence-electron chi connectivity index (χ1n) is 7.18. The molecular formula is C18H19N3. The third-order valence-electron chi connectivity index (χ3n) is 3.82. The summed E-state index contributed by atoms with van der Waals surface area (Å²) < 4.78 is 0. The fourth-order valence-electron chi connectivity index (χ4n) is 2.75. The molecule has 106 valence electrons. The van der Waals surface area contributed by atoms with Crippen molar-refractivity contribution in [1.29, 1.82) is 0 Å². The number of fused-ring (bicyclic) bond motifs is 1. The van der Waals surface area contributed by atoms with Gasteiger partial charge in [0.1, 0.15) is 6.67 Å². The molecule has 0 aromatic rings. The van der Waals surface area contributed by atoms with E-state index in [9.17, 15) is 0 Å². The molecule has 0 amide bonds. The molecule has 0 saturated carbocycles. The van der Waals surface area contributed by atoms with Gasteiger partial charge in [-0.3, -0.25) is 9.98 Å². The molecule has 2 atom stereocenters. The maximum absolute atomic E-state index is 4.76. The molecule has 0 radical (unpaired) electrons. The zero-order valence-electron chi connectivity index (χ0n) is 12.2. The van der Waals surface area contributed by atoms with Crippen molar-refractivity contribution in [1.82, 2.24) is 4.90 Å². The van der Waals surface area contributed by atoms with Gasteiger partial charge in [0.05, 0.1) is 23.6 Å². The van der Waals surface area contributed by atoms with Crippen LogP contribution >= 0.6 is 0 Å². The maximum Gasteiger partial charge on any atom is 0.112 e. The minimum absolute atomic E-state index is 0.236. The lowest BCUT2D eigenvalue weighted by Gasteiger charge is -2.26. The van der Waals surface area contributed by atoms with Gasteiger partial charge >= 0.3 is 0 Å². The number of amidine groups is 1. The summed E-state index contributed by atoms with van der Waals surface area (Å²) in [5, 5.41) is 0. The van der Waals surface area contributed by atoms with Crippen LogP contribution in [0, 0.1) is 0 Å². The first-order valence-corrected chi connectivity index (χ1v) is 7.18. The summed E-state index contributed by atoms with van der Waals surface area (Å²) in [6.07, 6.45) is 20.4. The SMILES string of the molecule is C=C/C=C1/C=CC=CC1=NCN1C(C)=NC2C=CC=CC21. The average Bonchev–Trinajstić information content (AvgIpc) is 2.82. The van der Waals surface area contributed by atoms with E-state index in [1.165, 1.54) is 0 Å². The lowest BCUT2D eigenvalue weighted by molar-refractivity contribution is 0.379. The van der Waals surface area contributed by atoms with Gasteiger partial charge in [-0.25, -0.2) is 0 Å². The number of hydrogen-bond donors (Lipinski definition) is 0. The normalized spacial score (nSPS) is 30.1. The molecule has 3 rings (SSSR count). The van der Waals surface area contributed by atoms with Crippen LogP contribution in [0.5, 0.6) is 0 Å². The molecule has 0 aromatic heterocycles. The molecule has 2 aliphatic carbocycles. The van der Waals surface area contributed by atoms with Crippen LogP contribution in [-0.2, 0) is 0 Å². The van der Waals surface area contributed by atoms with E-state index in [0.29, 0.717) is 12.7 Å². The number of aliphatic imine (C=N–C) groups is 2. The molecule has 21 heavy (non-hydrogen) atoms. The first kappa shape index (κ1) is 13.6. The monoisotopic (exact) mass is 277 g/mol. The van der Waals surface area contributed by atoms with E-state index in [2.05, 4.69) is 53.8 Å². The molecule has 3 heteroatoms. The van der Waals surface area contributed by atoms with E-state index in [4.69, 9.17) is 4.99 Å². The van der Waals surface area contributed by atoms with Crippen molar-refractivity contribution in [2.24, 2.45) is 9.98 Å². The fourth-order valence-corrected chi connectivity index (χ4v) is 2.75. The third kappa shape index (κ3) is 2.72. The highest BCUT2D eigenvalue weighted by atomic mass is 15.3. The summed E-state index contributed by atoms with van der Waals surface area (Å²) in [6, 6.07) is 0.537. The van der Waals surface area contributed by atoms with Crippen molar-refractivity contribution in [2.75, 3.05) is 6.67 Å². The second kappa shape index (κ2) is 5.92. The van der Waals surface area contributed by atoms with E-state index in [0.717, 1.165) is 17.1 Å². The molecular weight excluding hydrogens is 258 g/mol. The quantitative estimate of drug-likeness (QED) is 0.778. The van der Waals surface area contributed by atoms with Crippen LogP contribution in [0.3, 0.4) is 0 Å². The molecule has 0 aromatic carbocycles. The van der Waals surface area contributed by atoms with Gasteiger partial charge in [-0.15, -0.1) is 0 Å². The maximum atomic E-state index is 4.76. The largest absolute Gasteiger partial charge is 0.332 e. The standard InChI is InChI=1S/C18H19N3/c1-3-8-15-9-4-5-10-16(15)19-13-21-14(2)20-17-11-6-7-12-18(17)21/h3-12,17-18H,1,13H2,2H3/b15-8-,19-16?. The summed E-state index contributed by atoms with van der Waals surface area (Å²) in [6.45, 7) is 6.43. The molecule has 3 aliphatic rings. The second-order valence-corrected chi connectivity index (χ2v) is 5.16. The van der Waals surface area contributed by atoms with E-state index in [1.807, 2.05) is 24.3 Å². The Morgan fingerprint density at radius 3 is 2.90 bits per heavy atom. The van der Waals surface area contributed by atoms with Crippen molar-refractivity contribution < 1.29 is 0 Å². The summed E-state index contributed by atoms with van der Waals surface area (Å²) in [7, 11) is 0. The Morgan fingerprint density at radius 1 is 1.24 bits per heavy atom. The molecule has 0 spiro atoms. The predicted molar refractivity (Wildman–Crippen MR) is 89.7 cm³/mol. The van der Waals surface area contributed by atoms with Gasteiger partial charge in [0.15, 0.2) is 0 Å². The van der Waals surface area contributed by atoms with E-state index >= 15 is 0 Å². The zero-order valence-corrected chi connectivity index (χ0v) is 12.2. The van der Waals surface area contributed by atoms with Crippen LogP contribution in [0.15, 0.2) is 82.9 Å². The number of rotatable bonds is 3. The minimum atomic E-state index is 0.236. The highest BCUT2D eigenvalue weighted by Gasteiger charge is 2.31. The third-order valence-corrected chi connectivity index (χ3v) is 3.82. The molecule has 0 saturated heterocycles. The fraction of sp³-hybridized carbons (Fsp3) is 0.222. The molecule has 3 nitrogen and oxygen atoms in total. The smallest absolute Gasteiger partial charge is 0.112 e. The molecule has 0 bridgehead atoms. The van der Waals surface area contributed by atoms with Crippen molar-refractivity contribution in [2.45, 2.75) is 19.0 Å². The van der Waals surface area contributed by atoms with Crippen LogP contribution in [0.4, 0.5) is 0 Å². The Hall–Kier alpha value is -2.42. The lowest BCUT2D eigenvalue weighted by atomic mass is 10.0. The molecule has 0 N–H and O–H groups in total. The van der Waals surface area contributed by atoms with E-state index in [-0.39, 0.29) is 6.04 Å². The Kier molecular flexibility index (Phi) is 3.82. The van der Waals surface area contributed by atoms with Crippen molar-refractivity contribution in [3.63, 3.8) is 0 Å². The van der Waals surface area contributed by atoms with Crippen LogP contribution in [0.1, 0.15) is 6.92 Å². The van der Waals surface area contributed by atoms with Gasteiger partial charge in [-0.1, -0.05) is 61.3 Å². The van der Waals surface area contributed by atoms with Crippen LogP contribution < -0.4 is 0 Å². The Labute approximate surface area is 125 Å². The highest BCUT2D eigenvalue weighted by molar-refractivity contribution is 6.11.